The molecular formula is C19H23F2N5O. The first-order valence-corrected chi connectivity index (χ1v) is 9.76. The smallest absolute Gasteiger partial charge is 0.251 e. The molecular weight excluding hydrogens is 352 g/mol. The van der Waals surface area contributed by atoms with Gasteiger partial charge in [-0.2, -0.15) is 5.10 Å². The summed E-state index contributed by atoms with van der Waals surface area (Å²) >= 11 is 0. The Morgan fingerprint density at radius 2 is 1.93 bits per heavy atom. The molecule has 27 heavy (non-hydrogen) atoms. The standard InChI is InChI=1S/C19H23F2N5O/c20-19(21)4-8-24(9-5-19)18(27)14-3-7-25(12-14)17-16-11-15(13-1-2-13)23-26(16)10-6-22-17/h6,10-11,13-14H,1-5,7-9,12H2. The van der Waals surface area contributed by atoms with E-state index in [2.05, 4.69) is 21.0 Å². The van der Waals surface area contributed by atoms with Gasteiger partial charge in [0.05, 0.1) is 11.6 Å². The highest BCUT2D eigenvalue weighted by Crippen LogP contribution is 2.40. The summed E-state index contributed by atoms with van der Waals surface area (Å²) in [4.78, 5) is 21.1. The van der Waals surface area contributed by atoms with Crippen LogP contribution in [0.4, 0.5) is 14.6 Å². The molecule has 3 aliphatic rings. The fourth-order valence-electron chi connectivity index (χ4n) is 4.22. The average Bonchev–Trinajstić information content (AvgIpc) is 3.22. The maximum Gasteiger partial charge on any atom is 0.251 e. The second-order valence-electron chi connectivity index (χ2n) is 8.04. The Morgan fingerprint density at radius 3 is 2.67 bits per heavy atom. The van der Waals surface area contributed by atoms with Crippen molar-refractivity contribution in [2.45, 2.75) is 43.9 Å². The average molecular weight is 375 g/mol. The Balaban J connectivity index is 1.31. The molecule has 1 saturated carbocycles. The number of aromatic nitrogens is 3. The zero-order valence-electron chi connectivity index (χ0n) is 15.2. The number of nitrogens with zero attached hydrogens (tertiary/aromatic N) is 5. The van der Waals surface area contributed by atoms with Crippen LogP contribution in [0.5, 0.6) is 0 Å². The van der Waals surface area contributed by atoms with Crippen molar-refractivity contribution in [3.63, 3.8) is 0 Å². The summed E-state index contributed by atoms with van der Waals surface area (Å²) in [5.74, 6) is -1.34. The van der Waals surface area contributed by atoms with Gasteiger partial charge in [-0.25, -0.2) is 18.3 Å². The summed E-state index contributed by atoms with van der Waals surface area (Å²) in [5, 5.41) is 4.65. The van der Waals surface area contributed by atoms with E-state index in [4.69, 9.17) is 0 Å². The number of halogens is 2. The van der Waals surface area contributed by atoms with Gasteiger partial charge in [-0.15, -0.1) is 0 Å². The SMILES string of the molecule is O=C(C1CCN(c2nccn3nc(C4CC4)cc23)C1)N1CCC(F)(F)CC1. The van der Waals surface area contributed by atoms with Gasteiger partial charge >= 0.3 is 0 Å². The van der Waals surface area contributed by atoms with Gasteiger partial charge < -0.3 is 9.80 Å². The minimum Gasteiger partial charge on any atom is -0.354 e. The molecule has 1 atom stereocenters. The third-order valence-corrected chi connectivity index (χ3v) is 6.03. The molecule has 0 bridgehead atoms. The number of alkyl halides is 2. The number of hydrogen-bond acceptors (Lipinski definition) is 4. The number of carbonyl (C=O) groups is 1. The molecule has 8 heteroatoms. The van der Waals surface area contributed by atoms with Gasteiger partial charge in [0.2, 0.25) is 5.91 Å². The minimum atomic E-state index is -2.63. The van der Waals surface area contributed by atoms with Crippen LogP contribution in [0.1, 0.15) is 43.7 Å². The maximum atomic E-state index is 13.4. The molecule has 144 valence electrons. The topological polar surface area (TPSA) is 53.7 Å². The number of piperidine rings is 1. The van der Waals surface area contributed by atoms with Crippen molar-refractivity contribution in [3.05, 3.63) is 24.2 Å². The molecule has 0 spiro atoms. The van der Waals surface area contributed by atoms with E-state index in [-0.39, 0.29) is 37.8 Å². The second-order valence-corrected chi connectivity index (χ2v) is 8.04. The van der Waals surface area contributed by atoms with Gasteiger partial charge in [0.1, 0.15) is 5.52 Å². The largest absolute Gasteiger partial charge is 0.354 e. The van der Waals surface area contributed by atoms with E-state index in [0.29, 0.717) is 12.5 Å². The van der Waals surface area contributed by atoms with Crippen LogP contribution in [0.3, 0.4) is 0 Å². The number of anilines is 1. The molecule has 1 unspecified atom stereocenters. The fourth-order valence-corrected chi connectivity index (χ4v) is 4.22. The molecule has 1 aliphatic carbocycles. The van der Waals surface area contributed by atoms with Crippen molar-refractivity contribution in [1.29, 1.82) is 0 Å². The Labute approximate surface area is 156 Å². The summed E-state index contributed by atoms with van der Waals surface area (Å²) in [6, 6.07) is 2.11. The van der Waals surface area contributed by atoms with Crippen molar-refractivity contribution in [3.8, 4) is 0 Å². The number of rotatable bonds is 3. The lowest BCUT2D eigenvalue weighted by Gasteiger charge is -2.33. The molecule has 4 heterocycles. The van der Waals surface area contributed by atoms with E-state index in [0.717, 1.165) is 30.0 Å². The number of likely N-dealkylation sites (tertiary alicyclic amines) is 1. The highest BCUT2D eigenvalue weighted by Gasteiger charge is 2.39. The first kappa shape index (κ1) is 16.9. The monoisotopic (exact) mass is 375 g/mol. The molecule has 2 saturated heterocycles. The van der Waals surface area contributed by atoms with Gasteiger partial charge in [-0.3, -0.25) is 4.79 Å². The number of carbonyl (C=O) groups excluding carboxylic acids is 1. The molecule has 6 nitrogen and oxygen atoms in total. The Kier molecular flexibility index (Phi) is 3.84. The first-order chi connectivity index (χ1) is 13.0. The summed E-state index contributed by atoms with van der Waals surface area (Å²) < 4.78 is 28.6. The van der Waals surface area contributed by atoms with E-state index in [9.17, 15) is 13.6 Å². The maximum absolute atomic E-state index is 13.4. The van der Waals surface area contributed by atoms with E-state index < -0.39 is 5.92 Å². The zero-order valence-corrected chi connectivity index (χ0v) is 15.2. The number of amides is 1. The van der Waals surface area contributed by atoms with E-state index >= 15 is 0 Å². The second kappa shape index (κ2) is 6.14. The molecule has 0 radical (unpaired) electrons. The highest BCUT2D eigenvalue weighted by molar-refractivity contribution is 5.81. The van der Waals surface area contributed by atoms with Crippen LogP contribution in [0.25, 0.3) is 5.52 Å². The van der Waals surface area contributed by atoms with Crippen molar-refractivity contribution in [1.82, 2.24) is 19.5 Å². The summed E-state index contributed by atoms with van der Waals surface area (Å²) in [6.07, 6.45) is 6.28. The lowest BCUT2D eigenvalue weighted by Crippen LogP contribution is -2.45. The van der Waals surface area contributed by atoms with Gasteiger partial charge in [-0.1, -0.05) is 0 Å². The van der Waals surface area contributed by atoms with Crippen LogP contribution in [0.2, 0.25) is 0 Å². The first-order valence-electron chi connectivity index (χ1n) is 9.76. The van der Waals surface area contributed by atoms with Crippen LogP contribution in [0, 0.1) is 5.92 Å². The molecule has 2 aromatic heterocycles. The van der Waals surface area contributed by atoms with E-state index in [1.807, 2.05) is 10.7 Å². The summed E-state index contributed by atoms with van der Waals surface area (Å²) in [7, 11) is 0. The van der Waals surface area contributed by atoms with Gasteiger partial charge in [-0.05, 0) is 25.3 Å². The highest BCUT2D eigenvalue weighted by atomic mass is 19.3. The molecule has 3 fully saturated rings. The predicted molar refractivity (Wildman–Crippen MR) is 96.0 cm³/mol. The van der Waals surface area contributed by atoms with Crippen LogP contribution >= 0.6 is 0 Å². The van der Waals surface area contributed by atoms with Crippen molar-refractivity contribution >= 4 is 17.2 Å². The van der Waals surface area contributed by atoms with Crippen LogP contribution in [-0.4, -0.2) is 57.5 Å². The Bertz CT molecular complexity index is 868. The quantitative estimate of drug-likeness (QED) is 0.828. The zero-order chi connectivity index (χ0) is 18.6. The van der Waals surface area contributed by atoms with Gasteiger partial charge in [0, 0.05) is 57.3 Å². The van der Waals surface area contributed by atoms with Crippen LogP contribution < -0.4 is 4.90 Å². The fraction of sp³-hybridized carbons (Fsp3) is 0.632. The Hall–Kier alpha value is -2.25. The van der Waals surface area contributed by atoms with Crippen LogP contribution in [0.15, 0.2) is 18.5 Å². The van der Waals surface area contributed by atoms with Crippen LogP contribution in [-0.2, 0) is 4.79 Å². The van der Waals surface area contributed by atoms with E-state index in [1.165, 1.54) is 12.8 Å². The summed E-state index contributed by atoms with van der Waals surface area (Å²) in [5.41, 5.74) is 2.09. The lowest BCUT2D eigenvalue weighted by atomic mass is 10.0. The number of fused-ring (bicyclic) bond motifs is 1. The molecule has 2 aromatic rings. The van der Waals surface area contributed by atoms with Crippen molar-refractivity contribution in [2.75, 3.05) is 31.1 Å². The minimum absolute atomic E-state index is 0.00660. The molecule has 0 aromatic carbocycles. The van der Waals surface area contributed by atoms with Crippen molar-refractivity contribution in [2.24, 2.45) is 5.92 Å². The molecule has 1 amide bonds. The summed E-state index contributed by atoms with van der Waals surface area (Å²) in [6.45, 7) is 1.65. The van der Waals surface area contributed by atoms with E-state index in [1.54, 1.807) is 11.1 Å². The number of hydrogen-bond donors (Lipinski definition) is 0. The van der Waals surface area contributed by atoms with Gasteiger partial charge in [0.25, 0.3) is 5.92 Å². The van der Waals surface area contributed by atoms with Crippen molar-refractivity contribution < 1.29 is 13.6 Å². The molecule has 5 rings (SSSR count). The predicted octanol–water partition coefficient (Wildman–Crippen LogP) is 2.69. The molecule has 0 N–H and O–H groups in total. The third kappa shape index (κ3) is 3.15. The molecule has 2 aliphatic heterocycles. The lowest BCUT2D eigenvalue weighted by molar-refractivity contribution is -0.140. The Morgan fingerprint density at radius 1 is 1.15 bits per heavy atom. The van der Waals surface area contributed by atoms with Gasteiger partial charge in [0.15, 0.2) is 5.82 Å². The normalized spacial score (nSPS) is 25.3. The third-order valence-electron chi connectivity index (χ3n) is 6.03.